The maximum atomic E-state index is 0. The topological polar surface area (TPSA) is 0 Å². The van der Waals surface area contributed by atoms with E-state index >= 15 is 0 Å². The zero-order valence-corrected chi connectivity index (χ0v) is 6.53. The minimum absolute atomic E-state index is 0. The summed E-state index contributed by atoms with van der Waals surface area (Å²) in [6.45, 7) is 0. The Morgan fingerprint density at radius 2 is 1.00 bits per heavy atom. The van der Waals surface area contributed by atoms with Crippen LogP contribution in [-0.4, -0.2) is 69.5 Å². The molecule has 0 aromatic heterocycles. The van der Waals surface area contributed by atoms with Crippen LogP contribution >= 0.6 is 0 Å². The van der Waals surface area contributed by atoms with Crippen LogP contribution in [0.1, 0.15) is 0 Å². The summed E-state index contributed by atoms with van der Waals surface area (Å²) in [6.07, 6.45) is 0. The molecule has 3 radical (unpaired) electrons. The molecular weight excluding hydrogens is 411 g/mol. The van der Waals surface area contributed by atoms with Crippen molar-refractivity contribution >= 4 is 69.5 Å². The second kappa shape index (κ2) is 16.6. The molecule has 0 heterocycles. The van der Waals surface area contributed by atoms with Crippen LogP contribution in [0.5, 0.6) is 0 Å². The fourth-order valence-electron chi connectivity index (χ4n) is 0. The summed E-state index contributed by atoms with van der Waals surface area (Å²) < 4.78 is 0. The van der Waals surface area contributed by atoms with E-state index in [1.807, 2.05) is 0 Å². The molecule has 0 rings (SSSR count). The van der Waals surface area contributed by atoms with Crippen LogP contribution in [0, 0.1) is 0 Å². The van der Waals surface area contributed by atoms with Crippen molar-refractivity contribution in [3.8, 4) is 0 Å². The van der Waals surface area contributed by atoms with Crippen LogP contribution in [0.4, 0.5) is 0 Å². The fraction of sp³-hybridized carbons (Fsp3) is 0. The van der Waals surface area contributed by atoms with Crippen LogP contribution in [0.25, 0.3) is 0 Å². The van der Waals surface area contributed by atoms with Gasteiger partial charge >= 0.3 is 69.5 Å². The van der Waals surface area contributed by atoms with Gasteiger partial charge in [-0.15, -0.1) is 0 Å². The van der Waals surface area contributed by atoms with Gasteiger partial charge in [0.1, 0.15) is 0 Å². The van der Waals surface area contributed by atoms with Crippen LogP contribution < -0.4 is 0 Å². The molecule has 0 bridgehead atoms. The third-order valence-corrected chi connectivity index (χ3v) is 0. The molecular formula is H8AgGaInSn. The Morgan fingerprint density at radius 3 is 1.00 bits per heavy atom. The molecule has 0 aliphatic carbocycles. The summed E-state index contributed by atoms with van der Waals surface area (Å²) in [7, 11) is 0. The van der Waals surface area contributed by atoms with Crippen LogP contribution in [0.15, 0.2) is 0 Å². The predicted octanol–water partition coefficient (Wildman–Crippen LogP) is -3.29. The van der Waals surface area contributed by atoms with Crippen LogP contribution in [0.2, 0.25) is 0 Å². The molecule has 0 aliphatic rings. The monoisotopic (exact) mass is 419 g/mol. The van der Waals surface area contributed by atoms with Crippen molar-refractivity contribution in [2.24, 2.45) is 0 Å². The molecule has 0 aliphatic heterocycles. The van der Waals surface area contributed by atoms with E-state index in [1.54, 1.807) is 0 Å². The van der Waals surface area contributed by atoms with Gasteiger partial charge in [0.15, 0.2) is 0 Å². The Kier molecular flexibility index (Phi) is 115. The molecule has 0 unspecified atom stereocenters. The van der Waals surface area contributed by atoms with Crippen molar-refractivity contribution in [3.05, 3.63) is 0 Å². The van der Waals surface area contributed by atoms with E-state index in [1.165, 1.54) is 0 Å². The van der Waals surface area contributed by atoms with E-state index in [9.17, 15) is 0 Å². The Balaban J connectivity index is 0. The number of rotatable bonds is 0. The van der Waals surface area contributed by atoms with Crippen molar-refractivity contribution in [1.82, 2.24) is 0 Å². The third kappa shape index (κ3) is 8.90. The van der Waals surface area contributed by atoms with Gasteiger partial charge in [0, 0.05) is 22.4 Å². The molecule has 0 atom stereocenters. The van der Waals surface area contributed by atoms with Gasteiger partial charge in [0.05, 0.1) is 0 Å². The van der Waals surface area contributed by atoms with Crippen molar-refractivity contribution in [2.75, 3.05) is 0 Å². The van der Waals surface area contributed by atoms with Gasteiger partial charge in [-0.1, -0.05) is 0 Å². The molecule has 0 fully saturated rings. The molecule has 4 heteroatoms. The molecule has 0 aromatic carbocycles. The summed E-state index contributed by atoms with van der Waals surface area (Å²) in [5, 5.41) is 0. The van der Waals surface area contributed by atoms with Crippen molar-refractivity contribution < 1.29 is 22.4 Å². The van der Waals surface area contributed by atoms with Gasteiger partial charge in [-0.05, 0) is 0 Å². The van der Waals surface area contributed by atoms with Gasteiger partial charge in [-0.3, -0.25) is 0 Å². The average Bonchev–Trinajstić information content (AvgIpc) is 0. The normalized spacial score (nSPS) is 0. The molecule has 0 saturated carbocycles. The summed E-state index contributed by atoms with van der Waals surface area (Å²) >= 11 is 0. The fourth-order valence-corrected chi connectivity index (χ4v) is 0. The molecule has 0 amide bonds. The Labute approximate surface area is 90.2 Å². The van der Waals surface area contributed by atoms with Gasteiger partial charge in [0.25, 0.3) is 0 Å². The summed E-state index contributed by atoms with van der Waals surface area (Å²) in [4.78, 5) is 0. The third-order valence-electron chi connectivity index (χ3n) is 0. The second-order valence-corrected chi connectivity index (χ2v) is 0. The molecule has 0 saturated heterocycles. The first-order valence-electron chi connectivity index (χ1n) is 0. The predicted molar refractivity (Wildman–Crippen MR) is 28.4 cm³/mol. The average molecular weight is 419 g/mol. The Bertz CT molecular complexity index is 8.00. The zero-order chi connectivity index (χ0) is 0. The molecule has 0 N–H and O–H groups in total. The quantitative estimate of drug-likeness (QED) is 0.362. The number of hydrogen-bond acceptors (Lipinski definition) is 0. The van der Waals surface area contributed by atoms with Crippen molar-refractivity contribution in [1.29, 1.82) is 0 Å². The first-order valence-corrected chi connectivity index (χ1v) is 0. The molecule has 4 heavy (non-hydrogen) atoms. The molecule has 29 valence electrons. The molecule has 0 spiro atoms. The van der Waals surface area contributed by atoms with E-state index in [-0.39, 0.29) is 91.9 Å². The van der Waals surface area contributed by atoms with Crippen molar-refractivity contribution in [3.63, 3.8) is 0 Å². The first-order chi connectivity index (χ1) is 0. The van der Waals surface area contributed by atoms with Gasteiger partial charge in [-0.2, -0.15) is 0 Å². The van der Waals surface area contributed by atoms with Gasteiger partial charge in [0.2, 0.25) is 0 Å². The Morgan fingerprint density at radius 1 is 1.00 bits per heavy atom. The van der Waals surface area contributed by atoms with Gasteiger partial charge in [-0.25, -0.2) is 0 Å². The standard InChI is InChI=1S/Ag.Ga.In.Sn.8H. The van der Waals surface area contributed by atoms with E-state index in [0.717, 1.165) is 0 Å². The van der Waals surface area contributed by atoms with Crippen LogP contribution in [0.3, 0.4) is 0 Å². The van der Waals surface area contributed by atoms with E-state index in [2.05, 4.69) is 0 Å². The maximum absolute atomic E-state index is 0. The van der Waals surface area contributed by atoms with E-state index in [4.69, 9.17) is 0 Å². The SMILES string of the molecule is [Ag].[GaH3].[InH3].[SnH2]. The van der Waals surface area contributed by atoms with E-state index < -0.39 is 0 Å². The zero-order valence-electron chi connectivity index (χ0n) is 1.01. The van der Waals surface area contributed by atoms with E-state index in [0.29, 0.717) is 0 Å². The van der Waals surface area contributed by atoms with Crippen LogP contribution in [-0.2, 0) is 22.4 Å². The summed E-state index contributed by atoms with van der Waals surface area (Å²) in [6, 6.07) is 0. The first kappa shape index (κ1) is 27.8. The van der Waals surface area contributed by atoms with Crippen molar-refractivity contribution in [2.45, 2.75) is 0 Å². The minimum atomic E-state index is 0. The summed E-state index contributed by atoms with van der Waals surface area (Å²) in [5.74, 6) is 0. The number of hydrogen-bond donors (Lipinski definition) is 0. The second-order valence-electron chi connectivity index (χ2n) is 0. The summed E-state index contributed by atoms with van der Waals surface area (Å²) in [5.41, 5.74) is 0. The molecule has 0 aromatic rings. The van der Waals surface area contributed by atoms with Gasteiger partial charge < -0.3 is 0 Å². The molecule has 0 nitrogen and oxygen atoms in total. The Hall–Kier alpha value is 3.05.